The molecule has 0 aliphatic carbocycles. The van der Waals surface area contributed by atoms with Gasteiger partial charge in [0, 0.05) is 18.8 Å². The van der Waals surface area contributed by atoms with Crippen LogP contribution in [-0.4, -0.2) is 47.2 Å². The molecule has 6 nitrogen and oxygen atoms in total. The summed E-state index contributed by atoms with van der Waals surface area (Å²) in [5.74, 6) is 1.63. The summed E-state index contributed by atoms with van der Waals surface area (Å²) in [4.78, 5) is 6.50. The minimum Gasteiger partial charge on any atom is -0.438 e. The monoisotopic (exact) mass is 341 g/mol. The largest absolute Gasteiger partial charge is 0.438 e. The predicted octanol–water partition coefficient (Wildman–Crippen LogP) is 3.27. The van der Waals surface area contributed by atoms with Crippen LogP contribution in [0.4, 0.5) is 0 Å². The van der Waals surface area contributed by atoms with Crippen molar-refractivity contribution >= 4 is 5.84 Å². The van der Waals surface area contributed by atoms with Crippen LogP contribution in [-0.2, 0) is 4.74 Å². The van der Waals surface area contributed by atoms with E-state index < -0.39 is 0 Å². The van der Waals surface area contributed by atoms with Crippen molar-refractivity contribution in [3.63, 3.8) is 0 Å². The molecule has 0 unspecified atom stereocenters. The first-order valence-electron chi connectivity index (χ1n) is 8.36. The van der Waals surface area contributed by atoms with Gasteiger partial charge in [0.25, 0.3) is 0 Å². The average molecular weight is 341 g/mol. The molecule has 1 aliphatic rings. The second-order valence-electron chi connectivity index (χ2n) is 6.20. The molecule has 0 atom stereocenters. The zero-order valence-electron chi connectivity index (χ0n) is 14.8. The smallest absolute Gasteiger partial charge is 0.230 e. The summed E-state index contributed by atoms with van der Waals surface area (Å²) < 4.78 is 11.5. The summed E-state index contributed by atoms with van der Waals surface area (Å²) in [7, 11) is 0. The molecule has 1 aromatic heterocycles. The standard InChI is InChI=1S/C19H23N3O3/c1-13-4-7-17(14(2)12-13)25-19-16(6-5-15(3)20-19)18(21-23)22-8-10-24-11-9-22/h4-7,12,23H,8-11H2,1-3H3/b21-18-. The van der Waals surface area contributed by atoms with Gasteiger partial charge in [-0.15, -0.1) is 0 Å². The van der Waals surface area contributed by atoms with Gasteiger partial charge in [0.05, 0.1) is 18.8 Å². The van der Waals surface area contributed by atoms with E-state index in [2.05, 4.69) is 16.2 Å². The van der Waals surface area contributed by atoms with Crippen molar-refractivity contribution in [3.8, 4) is 11.6 Å². The van der Waals surface area contributed by atoms with E-state index in [9.17, 15) is 5.21 Å². The molecule has 2 aromatic rings. The van der Waals surface area contributed by atoms with Crippen LogP contribution >= 0.6 is 0 Å². The number of benzene rings is 1. The van der Waals surface area contributed by atoms with Gasteiger partial charge in [0.1, 0.15) is 5.75 Å². The Morgan fingerprint density at radius 3 is 2.60 bits per heavy atom. The fourth-order valence-electron chi connectivity index (χ4n) is 2.86. The molecule has 3 rings (SSSR count). The van der Waals surface area contributed by atoms with Gasteiger partial charge in [-0.05, 0) is 44.5 Å². The topological polar surface area (TPSA) is 67.2 Å². The Bertz CT molecular complexity index is 783. The van der Waals surface area contributed by atoms with Crippen LogP contribution in [0.1, 0.15) is 22.4 Å². The van der Waals surface area contributed by atoms with Gasteiger partial charge in [0.15, 0.2) is 5.84 Å². The Morgan fingerprint density at radius 2 is 1.92 bits per heavy atom. The first-order chi connectivity index (χ1) is 12.1. The van der Waals surface area contributed by atoms with Gasteiger partial charge in [0.2, 0.25) is 5.88 Å². The minimum atomic E-state index is 0.436. The van der Waals surface area contributed by atoms with Crippen molar-refractivity contribution < 1.29 is 14.7 Å². The lowest BCUT2D eigenvalue weighted by Crippen LogP contribution is -2.41. The van der Waals surface area contributed by atoms with Crippen molar-refractivity contribution in [1.29, 1.82) is 0 Å². The lowest BCUT2D eigenvalue weighted by Gasteiger charge is -2.29. The average Bonchev–Trinajstić information content (AvgIpc) is 2.61. The fraction of sp³-hybridized carbons (Fsp3) is 0.368. The second-order valence-corrected chi connectivity index (χ2v) is 6.20. The number of ether oxygens (including phenoxy) is 2. The third-order valence-corrected chi connectivity index (χ3v) is 4.18. The number of amidine groups is 1. The van der Waals surface area contributed by atoms with E-state index >= 15 is 0 Å². The third-order valence-electron chi connectivity index (χ3n) is 4.18. The molecule has 25 heavy (non-hydrogen) atoms. The normalized spacial score (nSPS) is 15.3. The molecule has 2 heterocycles. The fourth-order valence-corrected chi connectivity index (χ4v) is 2.86. The van der Waals surface area contributed by atoms with Gasteiger partial charge in [-0.2, -0.15) is 0 Å². The Kier molecular flexibility index (Phi) is 5.19. The lowest BCUT2D eigenvalue weighted by atomic mass is 10.1. The Balaban J connectivity index is 1.97. The maximum absolute atomic E-state index is 9.60. The molecule has 1 aliphatic heterocycles. The van der Waals surface area contributed by atoms with Crippen LogP contribution in [0.15, 0.2) is 35.5 Å². The maximum atomic E-state index is 9.60. The number of hydrogen-bond acceptors (Lipinski definition) is 5. The molecule has 1 aromatic carbocycles. The zero-order chi connectivity index (χ0) is 17.8. The molecule has 0 bridgehead atoms. The van der Waals surface area contributed by atoms with E-state index in [4.69, 9.17) is 9.47 Å². The molecule has 0 spiro atoms. The van der Waals surface area contributed by atoms with Crippen LogP contribution in [0, 0.1) is 20.8 Å². The predicted molar refractivity (Wildman–Crippen MR) is 95.7 cm³/mol. The number of pyridine rings is 1. The van der Waals surface area contributed by atoms with Gasteiger partial charge in [-0.25, -0.2) is 4.98 Å². The number of rotatable bonds is 3. The highest BCUT2D eigenvalue weighted by molar-refractivity contribution is 6.00. The molecule has 1 saturated heterocycles. The van der Waals surface area contributed by atoms with Gasteiger partial charge >= 0.3 is 0 Å². The van der Waals surface area contributed by atoms with Crippen LogP contribution in [0.5, 0.6) is 11.6 Å². The maximum Gasteiger partial charge on any atom is 0.230 e. The molecule has 6 heteroatoms. The van der Waals surface area contributed by atoms with Crippen molar-refractivity contribution in [3.05, 3.63) is 52.7 Å². The Labute approximate surface area is 147 Å². The van der Waals surface area contributed by atoms with E-state index in [1.54, 1.807) is 0 Å². The van der Waals surface area contributed by atoms with E-state index in [1.807, 2.05) is 49.9 Å². The van der Waals surface area contributed by atoms with Crippen molar-refractivity contribution in [2.24, 2.45) is 5.16 Å². The van der Waals surface area contributed by atoms with Gasteiger partial charge in [-0.1, -0.05) is 22.9 Å². The summed E-state index contributed by atoms with van der Waals surface area (Å²) in [5, 5.41) is 13.1. The molecular formula is C19H23N3O3. The first-order valence-corrected chi connectivity index (χ1v) is 8.36. The van der Waals surface area contributed by atoms with Crippen LogP contribution < -0.4 is 4.74 Å². The highest BCUT2D eigenvalue weighted by Gasteiger charge is 2.22. The quantitative estimate of drug-likeness (QED) is 0.402. The highest BCUT2D eigenvalue weighted by Crippen LogP contribution is 2.28. The SMILES string of the molecule is Cc1ccc(Oc2nc(C)ccc2/C(=N/O)N2CCOCC2)c(C)c1. The lowest BCUT2D eigenvalue weighted by molar-refractivity contribution is 0.0667. The molecular weight excluding hydrogens is 318 g/mol. The summed E-state index contributed by atoms with van der Waals surface area (Å²) in [6, 6.07) is 9.76. The zero-order valence-corrected chi connectivity index (χ0v) is 14.8. The molecule has 0 saturated carbocycles. The van der Waals surface area contributed by atoms with Crippen LogP contribution in [0.2, 0.25) is 0 Å². The summed E-state index contributed by atoms with van der Waals surface area (Å²) in [6.07, 6.45) is 0. The van der Waals surface area contributed by atoms with E-state index in [-0.39, 0.29) is 0 Å². The highest BCUT2D eigenvalue weighted by atomic mass is 16.5. The number of aromatic nitrogens is 1. The summed E-state index contributed by atoms with van der Waals surface area (Å²) in [5.41, 5.74) is 3.70. The number of oxime groups is 1. The first kappa shape index (κ1) is 17.2. The van der Waals surface area contributed by atoms with Gasteiger partial charge < -0.3 is 19.6 Å². The molecule has 132 valence electrons. The second kappa shape index (κ2) is 7.53. The summed E-state index contributed by atoms with van der Waals surface area (Å²) in [6.45, 7) is 8.48. The van der Waals surface area contributed by atoms with Crippen molar-refractivity contribution in [1.82, 2.24) is 9.88 Å². The molecule has 0 amide bonds. The minimum absolute atomic E-state index is 0.436. The molecule has 1 N–H and O–H groups in total. The Hall–Kier alpha value is -2.60. The van der Waals surface area contributed by atoms with Gasteiger partial charge in [-0.3, -0.25) is 0 Å². The molecule has 0 radical (unpaired) electrons. The van der Waals surface area contributed by atoms with E-state index in [0.717, 1.165) is 17.0 Å². The number of aryl methyl sites for hydroxylation is 3. The van der Waals surface area contributed by atoms with E-state index in [1.165, 1.54) is 5.56 Å². The number of hydrogen-bond donors (Lipinski definition) is 1. The van der Waals surface area contributed by atoms with Crippen molar-refractivity contribution in [2.45, 2.75) is 20.8 Å². The van der Waals surface area contributed by atoms with E-state index in [0.29, 0.717) is 43.6 Å². The Morgan fingerprint density at radius 1 is 1.16 bits per heavy atom. The molecule has 1 fully saturated rings. The summed E-state index contributed by atoms with van der Waals surface area (Å²) >= 11 is 0. The number of morpholine rings is 1. The van der Waals surface area contributed by atoms with Crippen molar-refractivity contribution in [2.75, 3.05) is 26.3 Å². The number of nitrogens with zero attached hydrogens (tertiary/aromatic N) is 3. The third kappa shape index (κ3) is 3.91. The van der Waals surface area contributed by atoms with Crippen LogP contribution in [0.25, 0.3) is 0 Å². The van der Waals surface area contributed by atoms with Crippen LogP contribution in [0.3, 0.4) is 0 Å².